The van der Waals surface area contributed by atoms with Crippen LogP contribution in [0.1, 0.15) is 17.0 Å². The number of likely N-dealkylation sites (tertiary alicyclic amines) is 1. The number of fused-ring (bicyclic) bond motifs is 1. The van der Waals surface area contributed by atoms with E-state index in [-0.39, 0.29) is 23.8 Å². The molecule has 0 unspecified atom stereocenters. The number of amides is 1. The van der Waals surface area contributed by atoms with Gasteiger partial charge in [-0.3, -0.25) is 4.79 Å². The molecule has 4 rings (SSSR count). The summed E-state index contributed by atoms with van der Waals surface area (Å²) in [5.74, 6) is 1.82. The molecule has 26 heavy (non-hydrogen) atoms. The fourth-order valence-corrected chi connectivity index (χ4v) is 4.02. The van der Waals surface area contributed by atoms with E-state index < -0.39 is 0 Å². The van der Waals surface area contributed by atoms with Crippen LogP contribution in [0.25, 0.3) is 11.3 Å². The molecule has 2 aliphatic heterocycles. The molecule has 3 heterocycles. The molecule has 1 aromatic heterocycles. The second-order valence-corrected chi connectivity index (χ2v) is 7.14. The second-order valence-electron chi connectivity index (χ2n) is 7.14. The van der Waals surface area contributed by atoms with Crippen molar-refractivity contribution >= 4 is 5.91 Å². The minimum absolute atomic E-state index is 0.0364. The largest absolute Gasteiger partial charge is 0.497 e. The lowest BCUT2D eigenvalue weighted by Gasteiger charge is -2.36. The van der Waals surface area contributed by atoms with Gasteiger partial charge in [0.05, 0.1) is 20.3 Å². The van der Waals surface area contributed by atoms with Crippen LogP contribution in [-0.4, -0.2) is 55.9 Å². The summed E-state index contributed by atoms with van der Waals surface area (Å²) in [7, 11) is 1.61. The van der Waals surface area contributed by atoms with Crippen LogP contribution in [0, 0.1) is 11.3 Å². The summed E-state index contributed by atoms with van der Waals surface area (Å²) in [5.41, 5.74) is 0.523. The molecule has 1 N–H and O–H groups in total. The number of carbonyl (C=O) groups excluding carboxylic acids is 1. The monoisotopic (exact) mass is 357 g/mol. The number of furan rings is 1. The highest BCUT2D eigenvalue weighted by Crippen LogP contribution is 2.41. The fraction of sp³-hybridized carbons (Fsp3) is 0.450. The summed E-state index contributed by atoms with van der Waals surface area (Å²) < 4.78 is 16.6. The highest BCUT2D eigenvalue weighted by atomic mass is 16.5. The first-order valence-corrected chi connectivity index (χ1v) is 8.87. The molecule has 0 aliphatic carbocycles. The summed E-state index contributed by atoms with van der Waals surface area (Å²) in [4.78, 5) is 14.7. The van der Waals surface area contributed by atoms with Crippen LogP contribution in [-0.2, 0) is 4.74 Å². The van der Waals surface area contributed by atoms with Crippen LogP contribution in [0.4, 0.5) is 0 Å². The first-order chi connectivity index (χ1) is 12.6. The Labute approximate surface area is 152 Å². The number of aliphatic hydroxyl groups is 1. The highest BCUT2D eigenvalue weighted by Gasteiger charge is 2.49. The first-order valence-electron chi connectivity index (χ1n) is 8.87. The Morgan fingerprint density at radius 3 is 3.04 bits per heavy atom. The summed E-state index contributed by atoms with van der Waals surface area (Å²) >= 11 is 0. The van der Waals surface area contributed by atoms with Gasteiger partial charge in [-0.25, -0.2) is 0 Å². The topological polar surface area (TPSA) is 72.1 Å². The Kier molecular flexibility index (Phi) is 4.46. The molecule has 138 valence electrons. The average Bonchev–Trinajstić information content (AvgIpc) is 3.33. The summed E-state index contributed by atoms with van der Waals surface area (Å²) in [6.45, 7) is 2.37. The summed E-state index contributed by atoms with van der Waals surface area (Å²) in [5, 5.41) is 9.87. The molecule has 0 bridgehead atoms. The molecule has 6 nitrogen and oxygen atoms in total. The van der Waals surface area contributed by atoms with Crippen LogP contribution in [0.3, 0.4) is 0 Å². The third-order valence-electron chi connectivity index (χ3n) is 5.59. The number of hydrogen-bond donors (Lipinski definition) is 1. The highest BCUT2D eigenvalue weighted by molar-refractivity contribution is 5.92. The third kappa shape index (κ3) is 2.89. The minimum Gasteiger partial charge on any atom is -0.497 e. The Hall–Kier alpha value is -2.31. The van der Waals surface area contributed by atoms with E-state index >= 15 is 0 Å². The molecule has 2 aliphatic rings. The zero-order chi connectivity index (χ0) is 18.1. The predicted octanol–water partition coefficient (Wildman–Crippen LogP) is 2.43. The van der Waals surface area contributed by atoms with Crippen LogP contribution in [0.15, 0.2) is 40.8 Å². The van der Waals surface area contributed by atoms with Gasteiger partial charge < -0.3 is 23.9 Å². The zero-order valence-corrected chi connectivity index (χ0v) is 14.8. The fourth-order valence-electron chi connectivity index (χ4n) is 4.02. The number of carbonyl (C=O) groups is 1. The maximum atomic E-state index is 12.9. The second kappa shape index (κ2) is 6.78. The predicted molar refractivity (Wildman–Crippen MR) is 95.0 cm³/mol. The lowest BCUT2D eigenvalue weighted by molar-refractivity contribution is -0.0557. The van der Waals surface area contributed by atoms with E-state index in [9.17, 15) is 9.90 Å². The van der Waals surface area contributed by atoms with Gasteiger partial charge in [-0.2, -0.15) is 0 Å². The number of methoxy groups -OCH3 is 1. The molecular formula is C20H23NO5. The Bertz CT molecular complexity index is 801. The van der Waals surface area contributed by atoms with Crippen molar-refractivity contribution in [3.63, 3.8) is 0 Å². The average molecular weight is 357 g/mol. The lowest BCUT2D eigenvalue weighted by atomic mass is 9.76. The van der Waals surface area contributed by atoms with Crippen molar-refractivity contribution in [2.45, 2.75) is 6.42 Å². The van der Waals surface area contributed by atoms with E-state index in [0.29, 0.717) is 37.8 Å². The van der Waals surface area contributed by atoms with E-state index in [2.05, 4.69) is 0 Å². The number of hydrogen-bond acceptors (Lipinski definition) is 5. The smallest absolute Gasteiger partial charge is 0.289 e. The number of rotatable bonds is 4. The minimum atomic E-state index is -0.337. The number of nitrogens with zero attached hydrogens (tertiary/aromatic N) is 1. The van der Waals surface area contributed by atoms with Crippen molar-refractivity contribution in [1.29, 1.82) is 0 Å². The summed E-state index contributed by atoms with van der Waals surface area (Å²) in [6, 6.07) is 11.0. The number of aliphatic hydroxyl groups excluding tert-OH is 1. The number of ether oxygens (including phenoxy) is 2. The van der Waals surface area contributed by atoms with Crippen molar-refractivity contribution < 1.29 is 23.8 Å². The maximum Gasteiger partial charge on any atom is 0.289 e. The molecule has 2 fully saturated rings. The van der Waals surface area contributed by atoms with Crippen LogP contribution >= 0.6 is 0 Å². The summed E-state index contributed by atoms with van der Waals surface area (Å²) in [6.07, 6.45) is 0.873. The first kappa shape index (κ1) is 17.1. The van der Waals surface area contributed by atoms with E-state index in [1.54, 1.807) is 24.1 Å². The normalized spacial score (nSPS) is 25.2. The molecule has 0 saturated carbocycles. The van der Waals surface area contributed by atoms with Gasteiger partial charge in [0.2, 0.25) is 0 Å². The van der Waals surface area contributed by atoms with Crippen molar-refractivity contribution in [3.8, 4) is 17.1 Å². The van der Waals surface area contributed by atoms with E-state index in [1.807, 2.05) is 24.3 Å². The van der Waals surface area contributed by atoms with Gasteiger partial charge in [0.15, 0.2) is 5.76 Å². The van der Waals surface area contributed by atoms with Gasteiger partial charge in [-0.15, -0.1) is 0 Å². The quantitative estimate of drug-likeness (QED) is 0.910. The van der Waals surface area contributed by atoms with Crippen molar-refractivity contribution in [2.24, 2.45) is 11.3 Å². The van der Waals surface area contributed by atoms with Crippen LogP contribution in [0.5, 0.6) is 5.75 Å². The molecule has 0 radical (unpaired) electrons. The van der Waals surface area contributed by atoms with Gasteiger partial charge >= 0.3 is 0 Å². The Balaban J connectivity index is 1.53. The number of benzene rings is 1. The molecule has 2 saturated heterocycles. The SMILES string of the molecule is COc1cccc(-c2ccc(C(=O)N3C[C@@H]4CCOC[C@]4(CO)C3)o2)c1. The Morgan fingerprint density at radius 1 is 1.38 bits per heavy atom. The van der Waals surface area contributed by atoms with E-state index in [0.717, 1.165) is 17.7 Å². The van der Waals surface area contributed by atoms with E-state index in [4.69, 9.17) is 13.9 Å². The van der Waals surface area contributed by atoms with Gasteiger partial charge in [0, 0.05) is 30.7 Å². The van der Waals surface area contributed by atoms with Gasteiger partial charge in [0.1, 0.15) is 11.5 Å². The molecule has 2 atom stereocenters. The molecule has 2 aromatic rings. The molecule has 6 heteroatoms. The molecule has 1 amide bonds. The van der Waals surface area contributed by atoms with Gasteiger partial charge in [-0.05, 0) is 36.6 Å². The van der Waals surface area contributed by atoms with Crippen LogP contribution < -0.4 is 4.74 Å². The van der Waals surface area contributed by atoms with Crippen molar-refractivity contribution in [3.05, 3.63) is 42.2 Å². The van der Waals surface area contributed by atoms with Gasteiger partial charge in [0.25, 0.3) is 5.91 Å². The zero-order valence-electron chi connectivity index (χ0n) is 14.8. The van der Waals surface area contributed by atoms with Gasteiger partial charge in [-0.1, -0.05) is 12.1 Å². The standard InChI is InChI=1S/C20H23NO5/c1-24-16-4-2-3-14(9-16)17-5-6-18(26-17)19(23)21-10-15-7-8-25-13-20(15,11-21)12-22/h2-6,9,15,22H,7-8,10-13H2,1H3/t15-,20+/m0/s1. The molecule has 1 aromatic carbocycles. The molecule has 0 spiro atoms. The van der Waals surface area contributed by atoms with Crippen LogP contribution in [0.2, 0.25) is 0 Å². The van der Waals surface area contributed by atoms with Crippen molar-refractivity contribution in [1.82, 2.24) is 4.90 Å². The molecular weight excluding hydrogens is 334 g/mol. The lowest BCUT2D eigenvalue weighted by Crippen LogP contribution is -2.43. The van der Waals surface area contributed by atoms with E-state index in [1.165, 1.54) is 0 Å². The maximum absolute atomic E-state index is 12.9. The third-order valence-corrected chi connectivity index (χ3v) is 5.59. The van der Waals surface area contributed by atoms with Crippen molar-refractivity contribution in [2.75, 3.05) is 40.0 Å². The Morgan fingerprint density at radius 2 is 2.27 bits per heavy atom.